The number of fused-ring (bicyclic) bond motifs is 1. The van der Waals surface area contributed by atoms with E-state index in [0.29, 0.717) is 50.2 Å². The summed E-state index contributed by atoms with van der Waals surface area (Å²) in [7, 11) is 3.07. The fourth-order valence-corrected chi connectivity index (χ4v) is 6.61. The van der Waals surface area contributed by atoms with Gasteiger partial charge in [-0.1, -0.05) is 37.6 Å². The van der Waals surface area contributed by atoms with Crippen molar-refractivity contribution in [3.05, 3.63) is 74.0 Å². The Kier molecular flexibility index (Phi) is 11.0. The molecule has 0 aliphatic carbocycles. The van der Waals surface area contributed by atoms with Crippen LogP contribution in [0.4, 0.5) is 10.5 Å². The molecule has 13 nitrogen and oxygen atoms in total. The second kappa shape index (κ2) is 15.2. The van der Waals surface area contributed by atoms with Crippen LogP contribution in [0.5, 0.6) is 11.5 Å². The van der Waals surface area contributed by atoms with Gasteiger partial charge in [0.05, 0.1) is 30.8 Å². The summed E-state index contributed by atoms with van der Waals surface area (Å²) in [5, 5.41) is 5.97. The molecule has 0 radical (unpaired) electrons. The van der Waals surface area contributed by atoms with E-state index in [4.69, 9.17) is 21.1 Å². The molecule has 3 aromatic rings. The number of methoxy groups -OCH3 is 2. The van der Waals surface area contributed by atoms with Gasteiger partial charge in [-0.15, -0.1) is 0 Å². The van der Waals surface area contributed by atoms with Crippen molar-refractivity contribution in [3.63, 3.8) is 0 Å². The van der Waals surface area contributed by atoms with Crippen molar-refractivity contribution < 1.29 is 23.9 Å². The third-order valence-corrected chi connectivity index (χ3v) is 9.59. The largest absolute Gasteiger partial charge is 0.497 e. The molecular weight excluding hydrogens is 652 g/mol. The van der Waals surface area contributed by atoms with Gasteiger partial charge < -0.3 is 29.9 Å². The first-order chi connectivity index (χ1) is 23.4. The molecule has 0 bridgehead atoms. The monoisotopic (exact) mass is 694 g/mol. The highest BCUT2D eigenvalue weighted by Gasteiger charge is 2.32. The fraction of sp³-hybridized carbons (Fsp3) is 0.457. The van der Waals surface area contributed by atoms with Crippen molar-refractivity contribution in [3.8, 4) is 22.6 Å². The number of piperidine rings is 1. The Morgan fingerprint density at radius 3 is 2.41 bits per heavy atom. The second-order valence-corrected chi connectivity index (χ2v) is 13.1. The highest BCUT2D eigenvalue weighted by molar-refractivity contribution is 6.34. The lowest BCUT2D eigenvalue weighted by molar-refractivity contribution is -0.133. The van der Waals surface area contributed by atoms with Gasteiger partial charge >= 0.3 is 11.7 Å². The average Bonchev–Trinajstić information content (AvgIpc) is 3.26. The van der Waals surface area contributed by atoms with Crippen LogP contribution in [0.25, 0.3) is 11.1 Å². The number of hydrogen-bond donors (Lipinski definition) is 2. The molecule has 3 heterocycles. The molecule has 2 aromatic carbocycles. The number of anilines is 1. The maximum atomic E-state index is 13.8. The number of hydrogen-bond acceptors (Lipinski definition) is 7. The zero-order chi connectivity index (χ0) is 35.4. The van der Waals surface area contributed by atoms with Crippen LogP contribution in [-0.2, 0) is 22.6 Å². The Hall–Kier alpha value is -4.78. The van der Waals surface area contributed by atoms with Crippen LogP contribution < -0.4 is 31.4 Å². The van der Waals surface area contributed by atoms with E-state index in [9.17, 15) is 24.0 Å². The Balaban J connectivity index is 1.35. The summed E-state index contributed by atoms with van der Waals surface area (Å²) in [6.07, 6.45) is 3.18. The van der Waals surface area contributed by atoms with Gasteiger partial charge in [-0.05, 0) is 56.0 Å². The van der Waals surface area contributed by atoms with E-state index in [1.807, 2.05) is 23.1 Å². The van der Waals surface area contributed by atoms with E-state index in [2.05, 4.69) is 10.6 Å². The number of halogens is 1. The number of carbonyl (C=O) groups is 3. The molecule has 4 amide bonds. The van der Waals surface area contributed by atoms with Crippen LogP contribution in [0.1, 0.15) is 45.2 Å². The first-order valence-electron chi connectivity index (χ1n) is 16.4. The quantitative estimate of drug-likeness (QED) is 0.329. The minimum Gasteiger partial charge on any atom is -0.497 e. The molecule has 0 spiro atoms. The summed E-state index contributed by atoms with van der Waals surface area (Å²) < 4.78 is 13.0. The molecule has 1 saturated heterocycles. The number of nitrogens with one attached hydrogen (secondary N) is 2. The van der Waals surface area contributed by atoms with Gasteiger partial charge in [0.25, 0.3) is 5.56 Å². The van der Waals surface area contributed by atoms with Crippen molar-refractivity contribution in [1.29, 1.82) is 0 Å². The molecule has 0 unspecified atom stereocenters. The molecule has 14 heteroatoms. The van der Waals surface area contributed by atoms with E-state index < -0.39 is 17.3 Å². The lowest BCUT2D eigenvalue weighted by Gasteiger charge is -2.38. The summed E-state index contributed by atoms with van der Waals surface area (Å²) in [6, 6.07) is 9.61. The van der Waals surface area contributed by atoms with E-state index in [-0.39, 0.29) is 53.5 Å². The molecule has 5 rings (SSSR count). The SMILES string of the molecule is COc1ccc2c(c1)CCN(C1CCN(C(=O)Cn3cc(-c4cccc(OC)c4Cl)c(=O)n([C@@H](C)CNC(=O)C(C)C)c3=O)CC1)C(=O)N2. The van der Waals surface area contributed by atoms with Gasteiger partial charge in [0.2, 0.25) is 11.8 Å². The number of aromatic nitrogens is 2. The molecule has 262 valence electrons. The minimum atomic E-state index is -0.726. The number of ether oxygens (including phenoxy) is 2. The van der Waals surface area contributed by atoms with Crippen LogP contribution in [-0.4, -0.2) is 83.2 Å². The van der Waals surface area contributed by atoms with Gasteiger partial charge in [0.1, 0.15) is 18.0 Å². The number of rotatable bonds is 10. The lowest BCUT2D eigenvalue weighted by Crippen LogP contribution is -2.51. The number of nitrogens with zero attached hydrogens (tertiary/aromatic N) is 4. The van der Waals surface area contributed by atoms with Crippen LogP contribution >= 0.6 is 11.6 Å². The third-order valence-electron chi connectivity index (χ3n) is 9.20. The normalized spacial score (nSPS) is 15.7. The first-order valence-corrected chi connectivity index (χ1v) is 16.8. The van der Waals surface area contributed by atoms with Gasteiger partial charge in [0, 0.05) is 55.6 Å². The first kappa shape index (κ1) is 35.5. The number of urea groups is 1. The van der Waals surface area contributed by atoms with Crippen molar-refractivity contribution in [2.45, 2.75) is 58.7 Å². The molecule has 49 heavy (non-hydrogen) atoms. The summed E-state index contributed by atoms with van der Waals surface area (Å²) >= 11 is 6.61. The molecular formula is C35H43ClN6O7. The van der Waals surface area contributed by atoms with Gasteiger partial charge in [0.15, 0.2) is 0 Å². The molecule has 2 aliphatic heterocycles. The van der Waals surface area contributed by atoms with E-state index in [0.717, 1.165) is 21.6 Å². The van der Waals surface area contributed by atoms with E-state index in [1.54, 1.807) is 51.0 Å². The maximum absolute atomic E-state index is 13.8. The molecule has 0 saturated carbocycles. The molecule has 1 atom stereocenters. The highest BCUT2D eigenvalue weighted by atomic mass is 35.5. The Morgan fingerprint density at radius 1 is 1.00 bits per heavy atom. The van der Waals surface area contributed by atoms with Crippen molar-refractivity contribution in [1.82, 2.24) is 24.3 Å². The Morgan fingerprint density at radius 2 is 1.73 bits per heavy atom. The number of likely N-dealkylation sites (tertiary alicyclic amines) is 1. The smallest absolute Gasteiger partial charge is 0.331 e. The van der Waals surface area contributed by atoms with Gasteiger partial charge in [-0.2, -0.15) is 0 Å². The average molecular weight is 695 g/mol. The van der Waals surface area contributed by atoms with Crippen molar-refractivity contribution in [2.24, 2.45) is 5.92 Å². The minimum absolute atomic E-state index is 0.0334. The van der Waals surface area contributed by atoms with E-state index >= 15 is 0 Å². The number of amides is 4. The van der Waals surface area contributed by atoms with E-state index in [1.165, 1.54) is 17.9 Å². The molecule has 2 aliphatic rings. The Bertz CT molecular complexity index is 1850. The summed E-state index contributed by atoms with van der Waals surface area (Å²) in [5.74, 6) is 0.287. The highest BCUT2D eigenvalue weighted by Crippen LogP contribution is 2.34. The van der Waals surface area contributed by atoms with Crippen molar-refractivity contribution >= 4 is 35.1 Å². The van der Waals surface area contributed by atoms with Crippen LogP contribution in [0.3, 0.4) is 0 Å². The second-order valence-electron chi connectivity index (χ2n) is 12.7. The van der Waals surface area contributed by atoms with Crippen LogP contribution in [0.15, 0.2) is 52.2 Å². The number of carbonyl (C=O) groups excluding carboxylic acids is 3. The predicted octanol–water partition coefficient (Wildman–Crippen LogP) is 3.76. The van der Waals surface area contributed by atoms with Gasteiger partial charge in [-0.3, -0.25) is 23.5 Å². The summed E-state index contributed by atoms with van der Waals surface area (Å²) in [5.41, 5.74) is 0.936. The number of benzene rings is 2. The fourth-order valence-electron chi connectivity index (χ4n) is 6.30. The molecule has 2 N–H and O–H groups in total. The van der Waals surface area contributed by atoms with Gasteiger partial charge in [-0.25, -0.2) is 9.59 Å². The molecule has 1 aromatic heterocycles. The summed E-state index contributed by atoms with van der Waals surface area (Å²) in [6.45, 7) is 6.20. The third kappa shape index (κ3) is 7.61. The van der Waals surface area contributed by atoms with Crippen LogP contribution in [0, 0.1) is 5.92 Å². The Labute approximate surface area is 289 Å². The summed E-state index contributed by atoms with van der Waals surface area (Å²) in [4.78, 5) is 70.3. The molecule has 1 fully saturated rings. The van der Waals surface area contributed by atoms with Crippen molar-refractivity contribution in [2.75, 3.05) is 45.7 Å². The lowest BCUT2D eigenvalue weighted by atomic mass is 10.0. The maximum Gasteiger partial charge on any atom is 0.331 e. The predicted molar refractivity (Wildman–Crippen MR) is 187 cm³/mol. The van der Waals surface area contributed by atoms with Crippen LogP contribution in [0.2, 0.25) is 5.02 Å². The zero-order valence-corrected chi connectivity index (χ0v) is 29.2. The zero-order valence-electron chi connectivity index (χ0n) is 28.5. The standard InChI is InChI=1S/C35H43ClN6O7/c1-21(2)32(44)37-18-22(3)42-33(45)27(26-7-6-8-29(49-5)31(26)36)19-40(35(42)47)20-30(43)39-14-12-24(13-15-39)41-16-11-23-17-25(48-4)9-10-28(23)38-34(41)46/h6-10,17,19,21-22,24H,11-16,18,20H2,1-5H3,(H,37,44)(H,38,46)/t22-/m0/s1. The topological polar surface area (TPSA) is 144 Å².